The minimum Gasteiger partial charge on any atom is -0.488 e. The molecule has 0 spiro atoms. The molecule has 4 rings (SSSR count). The van der Waals surface area contributed by atoms with E-state index in [1.165, 1.54) is 40.2 Å². The van der Waals surface area contributed by atoms with Crippen LogP contribution >= 0.6 is 22.7 Å². The summed E-state index contributed by atoms with van der Waals surface area (Å²) in [6.07, 6.45) is 5.11. The molecule has 0 radical (unpaired) electrons. The lowest BCUT2D eigenvalue weighted by Crippen LogP contribution is -2.13. The number of methoxy groups -OCH3 is 1. The number of aryl methyl sites for hydroxylation is 4. The molecule has 5 nitrogen and oxygen atoms in total. The summed E-state index contributed by atoms with van der Waals surface area (Å²) in [7, 11) is 1.39. The first-order valence-electron chi connectivity index (χ1n) is 11.2. The molecule has 0 bridgehead atoms. The number of amides is 1. The Hall–Kier alpha value is -2.64. The number of carbonyl (C=O) groups is 2. The molecule has 1 N–H and O–H groups in total. The van der Waals surface area contributed by atoms with Crippen LogP contribution in [0.2, 0.25) is 0 Å². The lowest BCUT2D eigenvalue weighted by atomic mass is 10.1. The Bertz CT molecular complexity index is 1170. The van der Waals surface area contributed by atoms with E-state index in [1.807, 2.05) is 25.3 Å². The van der Waals surface area contributed by atoms with E-state index in [1.54, 1.807) is 0 Å². The maximum absolute atomic E-state index is 13.0. The Balaban J connectivity index is 1.49. The van der Waals surface area contributed by atoms with Crippen molar-refractivity contribution in [2.24, 2.45) is 0 Å². The second kappa shape index (κ2) is 10.1. The number of hydrogen-bond acceptors (Lipinski definition) is 6. The Kier molecular flexibility index (Phi) is 7.20. The van der Waals surface area contributed by atoms with Gasteiger partial charge in [-0.05, 0) is 74.6 Å². The number of hydrogen-bond donors (Lipinski definition) is 1. The summed E-state index contributed by atoms with van der Waals surface area (Å²) in [6.45, 7) is 6.56. The first-order valence-corrected chi connectivity index (χ1v) is 12.9. The topological polar surface area (TPSA) is 64.6 Å². The highest BCUT2D eigenvalue weighted by Crippen LogP contribution is 2.38. The van der Waals surface area contributed by atoms with Crippen LogP contribution < -0.4 is 10.1 Å². The minimum atomic E-state index is -0.381. The molecule has 1 aliphatic rings. The third-order valence-corrected chi connectivity index (χ3v) is 8.09. The molecule has 1 aliphatic carbocycles. The van der Waals surface area contributed by atoms with Crippen molar-refractivity contribution in [2.75, 3.05) is 12.4 Å². The SMILES string of the molecule is COC(=O)c1c(NC(=O)c2cc(COc3c(C)cc(C)cc3C)cs2)sc2c1CCCCC2. The number of benzene rings is 1. The molecule has 7 heteroatoms. The van der Waals surface area contributed by atoms with Crippen molar-refractivity contribution in [2.45, 2.75) is 59.5 Å². The highest BCUT2D eigenvalue weighted by atomic mass is 32.1. The predicted molar refractivity (Wildman–Crippen MR) is 134 cm³/mol. The molecule has 33 heavy (non-hydrogen) atoms. The van der Waals surface area contributed by atoms with Crippen molar-refractivity contribution in [1.82, 2.24) is 0 Å². The van der Waals surface area contributed by atoms with Crippen LogP contribution in [-0.4, -0.2) is 19.0 Å². The molecular formula is C26H29NO4S2. The van der Waals surface area contributed by atoms with E-state index in [-0.39, 0.29) is 11.9 Å². The molecule has 3 aromatic rings. The van der Waals surface area contributed by atoms with Crippen molar-refractivity contribution >= 4 is 39.6 Å². The van der Waals surface area contributed by atoms with Gasteiger partial charge >= 0.3 is 5.97 Å². The number of esters is 1. The molecule has 0 saturated heterocycles. The summed E-state index contributed by atoms with van der Waals surface area (Å²) < 4.78 is 11.1. The molecule has 2 heterocycles. The van der Waals surface area contributed by atoms with Crippen LogP contribution in [0, 0.1) is 20.8 Å². The van der Waals surface area contributed by atoms with Crippen molar-refractivity contribution in [3.05, 3.63) is 66.7 Å². The third-order valence-electron chi connectivity index (χ3n) is 5.90. The monoisotopic (exact) mass is 483 g/mol. The Morgan fingerprint density at radius 3 is 2.48 bits per heavy atom. The average Bonchev–Trinajstić information content (AvgIpc) is 3.30. The van der Waals surface area contributed by atoms with Gasteiger partial charge < -0.3 is 14.8 Å². The van der Waals surface area contributed by atoms with Crippen molar-refractivity contribution in [3.8, 4) is 5.75 Å². The molecule has 1 amide bonds. The standard InChI is InChI=1S/C26H29NO4S2/c1-15-10-16(2)23(17(3)11-15)31-13-18-12-21(32-14-18)24(28)27-25-22(26(29)30-4)19-8-6-5-7-9-20(19)33-25/h10-12,14H,5-9,13H2,1-4H3,(H,27,28). The summed E-state index contributed by atoms with van der Waals surface area (Å²) in [4.78, 5) is 27.3. The largest absolute Gasteiger partial charge is 0.488 e. The van der Waals surface area contributed by atoms with Crippen LogP contribution in [0.5, 0.6) is 5.75 Å². The van der Waals surface area contributed by atoms with Gasteiger partial charge in [0.1, 0.15) is 17.4 Å². The summed E-state index contributed by atoms with van der Waals surface area (Å²) in [5.41, 5.74) is 5.94. The van der Waals surface area contributed by atoms with Gasteiger partial charge in [0, 0.05) is 10.4 Å². The molecule has 0 fully saturated rings. The zero-order valence-electron chi connectivity index (χ0n) is 19.5. The van der Waals surface area contributed by atoms with E-state index < -0.39 is 0 Å². The fourth-order valence-corrected chi connectivity index (χ4v) is 6.50. The first-order chi connectivity index (χ1) is 15.9. The average molecular weight is 484 g/mol. The van der Waals surface area contributed by atoms with E-state index in [0.29, 0.717) is 22.0 Å². The molecular weight excluding hydrogens is 454 g/mol. The lowest BCUT2D eigenvalue weighted by Gasteiger charge is -2.12. The summed E-state index contributed by atoms with van der Waals surface area (Å²) in [5.74, 6) is 0.296. The fourth-order valence-electron chi connectivity index (χ4n) is 4.43. The Morgan fingerprint density at radius 1 is 1.03 bits per heavy atom. The Morgan fingerprint density at radius 2 is 1.76 bits per heavy atom. The number of ether oxygens (including phenoxy) is 2. The maximum Gasteiger partial charge on any atom is 0.341 e. The van der Waals surface area contributed by atoms with Gasteiger partial charge in [0.2, 0.25) is 0 Å². The number of thiophene rings is 2. The number of anilines is 1. The molecule has 0 saturated carbocycles. The highest BCUT2D eigenvalue weighted by Gasteiger charge is 2.26. The van der Waals surface area contributed by atoms with Gasteiger partial charge in [-0.15, -0.1) is 22.7 Å². The molecule has 0 atom stereocenters. The first kappa shape index (κ1) is 23.5. The molecule has 0 aliphatic heterocycles. The van der Waals surface area contributed by atoms with E-state index in [2.05, 4.69) is 24.4 Å². The van der Waals surface area contributed by atoms with Gasteiger partial charge in [0.15, 0.2) is 0 Å². The number of fused-ring (bicyclic) bond motifs is 1. The van der Waals surface area contributed by atoms with E-state index >= 15 is 0 Å². The van der Waals surface area contributed by atoms with Gasteiger partial charge in [-0.2, -0.15) is 0 Å². The number of rotatable bonds is 6. The van der Waals surface area contributed by atoms with Crippen LogP contribution in [0.15, 0.2) is 23.6 Å². The second-order valence-electron chi connectivity index (χ2n) is 8.55. The highest BCUT2D eigenvalue weighted by molar-refractivity contribution is 7.17. The van der Waals surface area contributed by atoms with Gasteiger partial charge in [-0.3, -0.25) is 4.79 Å². The van der Waals surface area contributed by atoms with Gasteiger partial charge in [0.05, 0.1) is 17.6 Å². The second-order valence-corrected chi connectivity index (χ2v) is 10.6. The van der Waals surface area contributed by atoms with E-state index in [9.17, 15) is 9.59 Å². The number of nitrogens with one attached hydrogen (secondary N) is 1. The van der Waals surface area contributed by atoms with E-state index in [4.69, 9.17) is 9.47 Å². The normalized spacial score (nSPS) is 13.2. The minimum absolute atomic E-state index is 0.212. The number of carbonyl (C=O) groups excluding carboxylic acids is 2. The molecule has 174 valence electrons. The smallest absolute Gasteiger partial charge is 0.341 e. The van der Waals surface area contributed by atoms with Crippen LogP contribution in [0.1, 0.15) is 72.0 Å². The maximum atomic E-state index is 13.0. The van der Waals surface area contributed by atoms with E-state index in [0.717, 1.165) is 60.1 Å². The van der Waals surface area contributed by atoms with Gasteiger partial charge in [-0.1, -0.05) is 24.1 Å². The van der Waals surface area contributed by atoms with Crippen molar-refractivity contribution in [1.29, 1.82) is 0 Å². The van der Waals surface area contributed by atoms with Crippen molar-refractivity contribution in [3.63, 3.8) is 0 Å². The van der Waals surface area contributed by atoms with Crippen LogP contribution in [0.25, 0.3) is 0 Å². The van der Waals surface area contributed by atoms with Crippen LogP contribution in [0.4, 0.5) is 5.00 Å². The summed E-state index contributed by atoms with van der Waals surface area (Å²) in [5, 5.41) is 5.52. The molecule has 0 unspecified atom stereocenters. The molecule has 2 aromatic heterocycles. The van der Waals surface area contributed by atoms with Crippen LogP contribution in [-0.2, 0) is 24.2 Å². The summed E-state index contributed by atoms with van der Waals surface area (Å²) in [6, 6.07) is 6.07. The lowest BCUT2D eigenvalue weighted by molar-refractivity contribution is 0.0601. The predicted octanol–water partition coefficient (Wildman–Crippen LogP) is 6.62. The van der Waals surface area contributed by atoms with Crippen molar-refractivity contribution < 1.29 is 19.1 Å². The van der Waals surface area contributed by atoms with Gasteiger partial charge in [-0.25, -0.2) is 4.79 Å². The summed E-state index contributed by atoms with van der Waals surface area (Å²) >= 11 is 2.89. The Labute approximate surface area is 202 Å². The zero-order chi connectivity index (χ0) is 23.5. The fraction of sp³-hybridized carbons (Fsp3) is 0.385. The zero-order valence-corrected chi connectivity index (χ0v) is 21.1. The quantitative estimate of drug-likeness (QED) is 0.316. The van der Waals surface area contributed by atoms with Crippen LogP contribution in [0.3, 0.4) is 0 Å². The molecule has 1 aromatic carbocycles. The third kappa shape index (κ3) is 5.14. The van der Waals surface area contributed by atoms with Gasteiger partial charge in [0.25, 0.3) is 5.91 Å².